The fraction of sp³-hybridized carbons (Fsp3) is 0.667. The Morgan fingerprint density at radius 1 is 1.12 bits per heavy atom. The van der Waals surface area contributed by atoms with Crippen LogP contribution >= 0.6 is 0 Å². The largest absolute Gasteiger partial charge is 0.422 e. The minimum atomic E-state index is -3.70. The summed E-state index contributed by atoms with van der Waals surface area (Å²) in [6, 6.07) is 6.73. The van der Waals surface area contributed by atoms with Gasteiger partial charge in [-0.3, -0.25) is 4.18 Å². The number of hydrogen-bond donors (Lipinski definition) is 0. The van der Waals surface area contributed by atoms with E-state index in [0.717, 1.165) is 18.4 Å². The van der Waals surface area contributed by atoms with Gasteiger partial charge in [-0.1, -0.05) is 38.5 Å². The van der Waals surface area contributed by atoms with Crippen molar-refractivity contribution < 1.29 is 17.0 Å². The van der Waals surface area contributed by atoms with Gasteiger partial charge in [0.1, 0.15) is 10.5 Å². The van der Waals surface area contributed by atoms with Crippen LogP contribution in [0.5, 0.6) is 0 Å². The molecule has 0 N–H and O–H groups in total. The highest BCUT2D eigenvalue weighted by molar-refractivity contribution is 7.86. The van der Waals surface area contributed by atoms with Gasteiger partial charge in [0.15, 0.2) is 0 Å². The molecular formula is C18H32O4SSi. The summed E-state index contributed by atoms with van der Waals surface area (Å²) in [4.78, 5) is 0.211. The third-order valence-electron chi connectivity index (χ3n) is 4.90. The standard InChI is InChI=1S/C18H32O4SSi/c1-14-9-11-16(12-10-14)23(19,20)21-15(2)8-7-13-18(6,22-24)17(3,4)5/h9-12,15H,7-8,13H2,1-6,24H3. The zero-order valence-electron chi connectivity index (χ0n) is 16.0. The normalized spacial score (nSPS) is 16.8. The first-order valence-corrected chi connectivity index (χ1v) is 10.7. The number of benzene rings is 1. The van der Waals surface area contributed by atoms with Crippen LogP contribution in [0, 0.1) is 12.3 Å². The number of hydrogen-bond acceptors (Lipinski definition) is 4. The molecule has 0 aliphatic heterocycles. The Balaban J connectivity index is 2.60. The summed E-state index contributed by atoms with van der Waals surface area (Å²) in [5.41, 5.74) is 0.883. The summed E-state index contributed by atoms with van der Waals surface area (Å²) < 4.78 is 35.8. The monoisotopic (exact) mass is 372 g/mol. The van der Waals surface area contributed by atoms with Crippen molar-refractivity contribution in [2.45, 2.75) is 77.4 Å². The smallest absolute Gasteiger partial charge is 0.297 e. The van der Waals surface area contributed by atoms with Crippen LogP contribution in [0.3, 0.4) is 0 Å². The van der Waals surface area contributed by atoms with Crippen LogP contribution in [0.2, 0.25) is 0 Å². The molecule has 0 bridgehead atoms. The first kappa shape index (κ1) is 21.3. The van der Waals surface area contributed by atoms with E-state index in [9.17, 15) is 8.42 Å². The Labute approximate surface area is 150 Å². The van der Waals surface area contributed by atoms with Gasteiger partial charge >= 0.3 is 0 Å². The third-order valence-corrected chi connectivity index (χ3v) is 7.23. The Kier molecular flexibility index (Phi) is 7.23. The minimum Gasteiger partial charge on any atom is -0.422 e. The van der Waals surface area contributed by atoms with E-state index in [4.69, 9.17) is 8.61 Å². The van der Waals surface area contributed by atoms with E-state index in [1.165, 1.54) is 0 Å². The van der Waals surface area contributed by atoms with Gasteiger partial charge in [-0.25, -0.2) is 0 Å². The van der Waals surface area contributed by atoms with Crippen LogP contribution in [0.1, 0.15) is 59.4 Å². The van der Waals surface area contributed by atoms with Crippen molar-refractivity contribution in [3.05, 3.63) is 29.8 Å². The van der Waals surface area contributed by atoms with E-state index in [1.807, 2.05) is 13.8 Å². The molecule has 0 aliphatic rings. The highest BCUT2D eigenvalue weighted by Gasteiger charge is 2.36. The molecule has 0 radical (unpaired) electrons. The van der Waals surface area contributed by atoms with Crippen LogP contribution in [0.15, 0.2) is 29.2 Å². The molecule has 6 heteroatoms. The highest BCUT2D eigenvalue weighted by atomic mass is 32.2. The Hall–Kier alpha value is -0.693. The molecule has 0 saturated heterocycles. The molecule has 2 atom stereocenters. The van der Waals surface area contributed by atoms with Crippen molar-refractivity contribution in [1.29, 1.82) is 0 Å². The summed E-state index contributed by atoms with van der Waals surface area (Å²) >= 11 is 0. The van der Waals surface area contributed by atoms with Crippen molar-refractivity contribution in [1.82, 2.24) is 0 Å². The second-order valence-electron chi connectivity index (χ2n) is 7.75. The molecule has 0 aromatic heterocycles. The fourth-order valence-corrected chi connectivity index (χ4v) is 4.46. The maximum Gasteiger partial charge on any atom is 0.297 e. The SMILES string of the molecule is Cc1ccc(S(=O)(=O)OC(C)CCCC(C)(O[SiH3])C(C)(C)C)cc1. The molecule has 24 heavy (non-hydrogen) atoms. The molecule has 4 nitrogen and oxygen atoms in total. The van der Waals surface area contributed by atoms with Crippen molar-refractivity contribution in [2.24, 2.45) is 5.41 Å². The quantitative estimate of drug-likeness (QED) is 0.519. The molecule has 0 spiro atoms. The molecule has 1 rings (SSSR count). The van der Waals surface area contributed by atoms with E-state index in [0.29, 0.717) is 16.9 Å². The minimum absolute atomic E-state index is 0.0484. The zero-order valence-corrected chi connectivity index (χ0v) is 18.9. The second-order valence-corrected chi connectivity index (χ2v) is 9.73. The van der Waals surface area contributed by atoms with Crippen LogP contribution in [-0.2, 0) is 18.7 Å². The molecule has 138 valence electrons. The van der Waals surface area contributed by atoms with Gasteiger partial charge in [-0.2, -0.15) is 8.42 Å². The molecular weight excluding hydrogens is 340 g/mol. The topological polar surface area (TPSA) is 52.6 Å². The zero-order chi connectivity index (χ0) is 18.6. The van der Waals surface area contributed by atoms with E-state index in [1.54, 1.807) is 24.3 Å². The first-order chi connectivity index (χ1) is 10.9. The average Bonchev–Trinajstić information content (AvgIpc) is 2.45. The third kappa shape index (κ3) is 5.69. The molecule has 0 saturated carbocycles. The Morgan fingerprint density at radius 2 is 1.67 bits per heavy atom. The molecule has 2 unspecified atom stereocenters. The lowest BCUT2D eigenvalue weighted by Gasteiger charge is -2.41. The van der Waals surface area contributed by atoms with Gasteiger partial charge in [0, 0.05) is 0 Å². The van der Waals surface area contributed by atoms with Crippen molar-refractivity contribution >= 4 is 20.6 Å². The highest BCUT2D eigenvalue weighted by Crippen LogP contribution is 2.37. The summed E-state index contributed by atoms with van der Waals surface area (Å²) in [5, 5.41) is 0. The molecule has 0 aliphatic carbocycles. The lowest BCUT2D eigenvalue weighted by atomic mass is 9.75. The van der Waals surface area contributed by atoms with Crippen molar-refractivity contribution in [2.75, 3.05) is 0 Å². The lowest BCUT2D eigenvalue weighted by Crippen LogP contribution is -2.42. The van der Waals surface area contributed by atoms with E-state index in [2.05, 4.69) is 27.7 Å². The van der Waals surface area contributed by atoms with E-state index >= 15 is 0 Å². The van der Waals surface area contributed by atoms with Crippen LogP contribution in [0.25, 0.3) is 0 Å². The lowest BCUT2D eigenvalue weighted by molar-refractivity contribution is -0.0208. The van der Waals surface area contributed by atoms with Gasteiger partial charge in [0.2, 0.25) is 0 Å². The first-order valence-electron chi connectivity index (χ1n) is 8.46. The molecule has 1 aromatic carbocycles. The van der Waals surface area contributed by atoms with Gasteiger partial charge in [-0.05, 0) is 57.6 Å². The summed E-state index contributed by atoms with van der Waals surface area (Å²) in [7, 11) is -3.01. The van der Waals surface area contributed by atoms with Gasteiger partial charge in [-0.15, -0.1) is 0 Å². The number of rotatable bonds is 8. The predicted octanol–water partition coefficient (Wildman–Crippen LogP) is 3.36. The number of aryl methyl sites for hydroxylation is 1. The maximum atomic E-state index is 12.3. The molecule has 0 fully saturated rings. The second kappa shape index (κ2) is 8.12. The molecule has 0 heterocycles. The van der Waals surface area contributed by atoms with E-state index < -0.39 is 10.1 Å². The Bertz CT molecular complexity index is 619. The summed E-state index contributed by atoms with van der Waals surface area (Å²) in [6.45, 7) is 12.4. The summed E-state index contributed by atoms with van der Waals surface area (Å²) in [6.07, 6.45) is 2.08. The van der Waals surface area contributed by atoms with Crippen LogP contribution in [0.4, 0.5) is 0 Å². The molecule has 0 amide bonds. The van der Waals surface area contributed by atoms with Crippen molar-refractivity contribution in [3.8, 4) is 0 Å². The van der Waals surface area contributed by atoms with Gasteiger partial charge < -0.3 is 4.43 Å². The van der Waals surface area contributed by atoms with Crippen molar-refractivity contribution in [3.63, 3.8) is 0 Å². The Morgan fingerprint density at radius 3 is 2.12 bits per heavy atom. The van der Waals surface area contributed by atoms with E-state index in [-0.39, 0.29) is 22.0 Å². The fourth-order valence-electron chi connectivity index (χ4n) is 2.53. The van der Waals surface area contributed by atoms with Gasteiger partial charge in [0.05, 0.1) is 16.6 Å². The summed E-state index contributed by atoms with van der Waals surface area (Å²) in [5.74, 6) is 0. The van der Waals surface area contributed by atoms with Crippen LogP contribution < -0.4 is 0 Å². The maximum absolute atomic E-state index is 12.3. The predicted molar refractivity (Wildman–Crippen MR) is 102 cm³/mol. The van der Waals surface area contributed by atoms with Crippen LogP contribution in [-0.4, -0.2) is 30.6 Å². The van der Waals surface area contributed by atoms with Gasteiger partial charge in [0.25, 0.3) is 10.1 Å². The average molecular weight is 373 g/mol. The molecule has 1 aromatic rings.